The molecule has 1 saturated carbocycles. The molecule has 0 bridgehead atoms. The number of esters is 1. The molecule has 4 aromatic carbocycles. The molecule has 41 heavy (non-hydrogen) atoms. The first kappa shape index (κ1) is 24.0. The number of carbonyl (C=O) groups is 4. The summed E-state index contributed by atoms with van der Waals surface area (Å²) >= 11 is 0. The average Bonchev–Trinajstić information content (AvgIpc) is 3.37. The predicted octanol–water partition coefficient (Wildman–Crippen LogP) is 4.87. The van der Waals surface area contributed by atoms with Crippen LogP contribution in [0.2, 0.25) is 0 Å². The minimum absolute atomic E-state index is 0.0130. The van der Waals surface area contributed by atoms with Crippen molar-refractivity contribution in [1.82, 2.24) is 4.90 Å². The number of rotatable bonds is 6. The highest BCUT2D eigenvalue weighted by molar-refractivity contribution is 6.14. The molecule has 2 amide bonds. The van der Waals surface area contributed by atoms with E-state index in [2.05, 4.69) is 24.3 Å². The maximum atomic E-state index is 13.8. The third-order valence-corrected chi connectivity index (χ3v) is 9.65. The van der Waals surface area contributed by atoms with Crippen molar-refractivity contribution in [3.8, 4) is 0 Å². The van der Waals surface area contributed by atoms with E-state index in [9.17, 15) is 19.2 Å². The number of amides is 2. The van der Waals surface area contributed by atoms with Crippen LogP contribution in [0.3, 0.4) is 0 Å². The number of ether oxygens (including phenoxy) is 1. The Kier molecular flexibility index (Phi) is 5.02. The first-order valence-corrected chi connectivity index (χ1v) is 13.9. The summed E-state index contributed by atoms with van der Waals surface area (Å²) in [5.74, 6) is -2.20. The molecule has 4 atom stereocenters. The van der Waals surface area contributed by atoms with Gasteiger partial charge in [0, 0.05) is 28.4 Å². The van der Waals surface area contributed by atoms with Crippen LogP contribution >= 0.6 is 0 Å². The van der Waals surface area contributed by atoms with Crippen LogP contribution in [-0.4, -0.2) is 41.6 Å². The van der Waals surface area contributed by atoms with Crippen LogP contribution in [0.1, 0.15) is 60.4 Å². The molecule has 3 aliphatic carbocycles. The van der Waals surface area contributed by atoms with E-state index in [4.69, 9.17) is 4.74 Å². The van der Waals surface area contributed by atoms with Crippen LogP contribution < -0.4 is 0 Å². The Balaban J connectivity index is 1.02. The second-order valence-electron chi connectivity index (χ2n) is 11.3. The summed E-state index contributed by atoms with van der Waals surface area (Å²) in [5.41, 5.74) is 5.41. The van der Waals surface area contributed by atoms with E-state index in [1.54, 1.807) is 48.5 Å². The van der Waals surface area contributed by atoms with Gasteiger partial charge in [-0.25, -0.2) is 4.79 Å². The zero-order valence-corrected chi connectivity index (χ0v) is 22.0. The van der Waals surface area contributed by atoms with Gasteiger partial charge >= 0.3 is 5.97 Å². The van der Waals surface area contributed by atoms with Crippen LogP contribution in [0, 0.1) is 11.8 Å². The lowest BCUT2D eigenvalue weighted by Crippen LogP contribution is -2.55. The molecule has 4 unspecified atom stereocenters. The molecule has 200 valence electrons. The average molecular weight is 540 g/mol. The lowest BCUT2D eigenvalue weighted by molar-refractivity contribution is -0.141. The number of ketones is 1. The Hall–Kier alpha value is -4.84. The lowest BCUT2D eigenvalue weighted by atomic mass is 9.43. The van der Waals surface area contributed by atoms with Crippen molar-refractivity contribution in [2.45, 2.75) is 17.3 Å². The summed E-state index contributed by atoms with van der Waals surface area (Å²) in [6.07, 6.45) is 0. The molecule has 6 nitrogen and oxygen atoms in total. The van der Waals surface area contributed by atoms with Crippen molar-refractivity contribution in [2.75, 3.05) is 13.2 Å². The summed E-state index contributed by atoms with van der Waals surface area (Å²) in [4.78, 5) is 55.0. The summed E-state index contributed by atoms with van der Waals surface area (Å²) in [6, 6.07) is 31.8. The van der Waals surface area contributed by atoms with Crippen molar-refractivity contribution in [1.29, 1.82) is 0 Å². The fourth-order valence-corrected chi connectivity index (χ4v) is 8.19. The largest absolute Gasteiger partial charge is 0.460 e. The second kappa shape index (κ2) is 8.58. The normalized spacial score (nSPS) is 26.1. The van der Waals surface area contributed by atoms with E-state index in [0.717, 1.165) is 11.1 Å². The van der Waals surface area contributed by atoms with E-state index < -0.39 is 17.8 Å². The lowest BCUT2D eigenvalue weighted by Gasteiger charge is -2.59. The topological polar surface area (TPSA) is 80.8 Å². The Bertz CT molecular complexity index is 1720. The van der Waals surface area contributed by atoms with Crippen molar-refractivity contribution in [3.63, 3.8) is 0 Å². The third-order valence-electron chi connectivity index (χ3n) is 9.65. The molecular formula is C35H25NO5. The number of hydrogen-bond donors (Lipinski definition) is 0. The Morgan fingerprint density at radius 2 is 1.17 bits per heavy atom. The van der Waals surface area contributed by atoms with E-state index >= 15 is 0 Å². The van der Waals surface area contributed by atoms with Crippen LogP contribution in [0.25, 0.3) is 0 Å². The van der Waals surface area contributed by atoms with Crippen LogP contribution in [0.5, 0.6) is 0 Å². The number of imide groups is 1. The Morgan fingerprint density at radius 3 is 1.78 bits per heavy atom. The third kappa shape index (κ3) is 2.97. The van der Waals surface area contributed by atoms with Gasteiger partial charge in [0.15, 0.2) is 5.78 Å². The highest BCUT2D eigenvalue weighted by Crippen LogP contribution is 2.80. The van der Waals surface area contributed by atoms with Gasteiger partial charge in [0.1, 0.15) is 6.61 Å². The van der Waals surface area contributed by atoms with Gasteiger partial charge in [0.25, 0.3) is 0 Å². The zero-order valence-electron chi connectivity index (χ0n) is 22.0. The van der Waals surface area contributed by atoms with E-state index in [-0.39, 0.29) is 59.1 Å². The van der Waals surface area contributed by atoms with Crippen LogP contribution in [0.15, 0.2) is 103 Å². The predicted molar refractivity (Wildman–Crippen MR) is 149 cm³/mol. The van der Waals surface area contributed by atoms with E-state index in [0.29, 0.717) is 5.56 Å². The van der Waals surface area contributed by atoms with Crippen LogP contribution in [-0.2, 0) is 19.7 Å². The van der Waals surface area contributed by atoms with Crippen molar-refractivity contribution in [2.24, 2.45) is 11.8 Å². The van der Waals surface area contributed by atoms with Crippen molar-refractivity contribution in [3.05, 3.63) is 142 Å². The smallest absolute Gasteiger partial charge is 0.338 e. The molecule has 4 aliphatic rings. The van der Waals surface area contributed by atoms with Gasteiger partial charge in [-0.1, -0.05) is 97.1 Å². The maximum Gasteiger partial charge on any atom is 0.338 e. The van der Waals surface area contributed by atoms with Gasteiger partial charge in [-0.05, 0) is 28.3 Å². The van der Waals surface area contributed by atoms with Gasteiger partial charge in [0.05, 0.1) is 23.9 Å². The van der Waals surface area contributed by atoms with Crippen molar-refractivity contribution >= 4 is 23.6 Å². The van der Waals surface area contributed by atoms with Crippen molar-refractivity contribution < 1.29 is 23.9 Å². The number of nitrogens with zero attached hydrogens (tertiary/aromatic N) is 1. The maximum absolute atomic E-state index is 13.8. The number of benzene rings is 4. The van der Waals surface area contributed by atoms with Gasteiger partial charge in [0.2, 0.25) is 11.8 Å². The van der Waals surface area contributed by atoms with E-state index in [1.807, 2.05) is 30.3 Å². The standard InChI is InChI=1S/C35H25NO5/c37-31(20-10-2-1-3-11-20)21-12-4-5-13-22(21)34(40)41-19-18-36-32(38)27-28(33(36)39)30-24-15-7-9-17-26(24)35(30)25-16-8-6-14-23(25)29(27)35/h1-17,27-30H,18-19H2. The first-order valence-electron chi connectivity index (χ1n) is 13.9. The number of fused-ring (bicyclic) bond motifs is 7. The molecule has 0 N–H and O–H groups in total. The highest BCUT2D eigenvalue weighted by Gasteiger charge is 2.78. The monoisotopic (exact) mass is 539 g/mol. The fraction of sp³-hybridized carbons (Fsp3) is 0.200. The summed E-state index contributed by atoms with van der Waals surface area (Å²) in [7, 11) is 0. The van der Waals surface area contributed by atoms with Gasteiger partial charge < -0.3 is 4.74 Å². The minimum Gasteiger partial charge on any atom is -0.460 e. The molecule has 2 fully saturated rings. The van der Waals surface area contributed by atoms with Gasteiger partial charge in [-0.3, -0.25) is 19.3 Å². The summed E-state index contributed by atoms with van der Waals surface area (Å²) in [5, 5.41) is 0. The molecule has 0 aromatic heterocycles. The fourth-order valence-electron chi connectivity index (χ4n) is 8.19. The highest BCUT2D eigenvalue weighted by atomic mass is 16.5. The molecule has 1 saturated heterocycles. The van der Waals surface area contributed by atoms with Gasteiger partial charge in [-0.15, -0.1) is 0 Å². The molecule has 8 rings (SSSR count). The number of carbonyl (C=O) groups excluding carboxylic acids is 4. The Morgan fingerprint density at radius 1 is 0.659 bits per heavy atom. The molecule has 4 aromatic rings. The zero-order chi connectivity index (χ0) is 27.9. The molecule has 1 spiro atoms. The molecule has 0 radical (unpaired) electrons. The minimum atomic E-state index is -0.663. The first-order chi connectivity index (χ1) is 20.0. The molecule has 6 heteroatoms. The number of hydrogen-bond acceptors (Lipinski definition) is 5. The van der Waals surface area contributed by atoms with Gasteiger partial charge in [-0.2, -0.15) is 0 Å². The second-order valence-corrected chi connectivity index (χ2v) is 11.3. The quantitative estimate of drug-likeness (QED) is 0.198. The summed E-state index contributed by atoms with van der Waals surface area (Å²) in [6.45, 7) is -0.155. The summed E-state index contributed by atoms with van der Waals surface area (Å²) < 4.78 is 5.53. The SMILES string of the molecule is O=C(OCCN1C(=O)C2C(C1=O)C1c3ccccc3C13c1ccccc1C23)c1ccccc1C(=O)c1ccccc1. The van der Waals surface area contributed by atoms with E-state index in [1.165, 1.54) is 16.0 Å². The molecule has 1 heterocycles. The van der Waals surface area contributed by atoms with Crippen LogP contribution in [0.4, 0.5) is 0 Å². The molecular weight excluding hydrogens is 514 g/mol. The number of likely N-dealkylation sites (tertiary alicyclic amines) is 1. The molecule has 1 aliphatic heterocycles. The Labute approximate surface area is 236 Å².